The van der Waals surface area contributed by atoms with Crippen LogP contribution in [0.4, 0.5) is 11.4 Å². The summed E-state index contributed by atoms with van der Waals surface area (Å²) in [6.07, 6.45) is 6.65. The second-order valence-electron chi connectivity index (χ2n) is 7.35. The number of nitrogens with zero attached hydrogens (tertiary/aromatic N) is 3. The van der Waals surface area contributed by atoms with E-state index in [4.69, 9.17) is 0 Å². The molecule has 6 nitrogen and oxygen atoms in total. The predicted octanol–water partition coefficient (Wildman–Crippen LogP) is 2.62. The topological polar surface area (TPSA) is 69.3 Å². The van der Waals surface area contributed by atoms with Crippen molar-refractivity contribution in [2.75, 3.05) is 22.9 Å². The minimum absolute atomic E-state index is 0.0215. The first-order chi connectivity index (χ1) is 12.2. The molecule has 3 aliphatic rings. The molecule has 6 heteroatoms. The van der Waals surface area contributed by atoms with Crippen LogP contribution in [0.5, 0.6) is 0 Å². The Morgan fingerprint density at radius 3 is 2.40 bits per heavy atom. The number of benzene rings is 1. The summed E-state index contributed by atoms with van der Waals surface area (Å²) in [5.41, 5.74) is 3.58. The molecule has 1 aromatic carbocycles. The molecule has 0 radical (unpaired) electrons. The maximum absolute atomic E-state index is 12.8. The molecule has 2 fully saturated rings. The van der Waals surface area contributed by atoms with Gasteiger partial charge in [0.2, 0.25) is 5.91 Å². The van der Waals surface area contributed by atoms with Gasteiger partial charge in [0, 0.05) is 41.9 Å². The van der Waals surface area contributed by atoms with Crippen molar-refractivity contribution in [2.24, 2.45) is 0 Å². The van der Waals surface area contributed by atoms with E-state index in [2.05, 4.69) is 10.2 Å². The van der Waals surface area contributed by atoms with Crippen molar-refractivity contribution in [1.82, 2.24) is 10.2 Å². The number of anilines is 2. The number of carbonyl (C=O) groups excluding carboxylic acids is 2. The number of hydrogen-bond donors (Lipinski definition) is 1. The van der Waals surface area contributed by atoms with Crippen molar-refractivity contribution in [3.63, 3.8) is 0 Å². The molecule has 2 aliphatic heterocycles. The molecular formula is C19H20N4O2. The fourth-order valence-corrected chi connectivity index (χ4v) is 4.12. The number of amides is 2. The predicted molar refractivity (Wildman–Crippen MR) is 93.8 cm³/mol. The van der Waals surface area contributed by atoms with Gasteiger partial charge in [-0.3, -0.25) is 14.7 Å². The van der Waals surface area contributed by atoms with E-state index >= 15 is 0 Å². The molecule has 2 aromatic rings. The van der Waals surface area contributed by atoms with E-state index in [9.17, 15) is 9.59 Å². The molecule has 1 spiro atoms. The second-order valence-corrected chi connectivity index (χ2v) is 7.35. The second kappa shape index (κ2) is 5.18. The van der Waals surface area contributed by atoms with Crippen LogP contribution in [0.15, 0.2) is 30.5 Å². The summed E-state index contributed by atoms with van der Waals surface area (Å²) in [6, 6.07) is 7.81. The molecule has 1 saturated carbocycles. The van der Waals surface area contributed by atoms with Crippen LogP contribution >= 0.6 is 0 Å². The van der Waals surface area contributed by atoms with Gasteiger partial charge >= 0.3 is 0 Å². The fourth-order valence-electron chi connectivity index (χ4n) is 4.12. The van der Waals surface area contributed by atoms with Gasteiger partial charge in [0.05, 0.1) is 6.20 Å². The largest absolute Gasteiger partial charge is 0.312 e. The van der Waals surface area contributed by atoms with E-state index in [1.165, 1.54) is 0 Å². The van der Waals surface area contributed by atoms with Crippen molar-refractivity contribution in [2.45, 2.75) is 37.5 Å². The van der Waals surface area contributed by atoms with E-state index in [1.807, 2.05) is 40.3 Å². The SMILES string of the molecule is O=C1CCCCN1c1ccc(N2CC3(CC3)c3cn[nH]c3C2=O)cc1. The Morgan fingerprint density at radius 2 is 1.72 bits per heavy atom. The Hall–Kier alpha value is -2.63. The van der Waals surface area contributed by atoms with E-state index in [0.717, 1.165) is 49.2 Å². The molecule has 0 atom stereocenters. The van der Waals surface area contributed by atoms with Crippen molar-refractivity contribution < 1.29 is 9.59 Å². The number of H-pyrrole nitrogens is 1. The third-order valence-electron chi connectivity index (χ3n) is 5.78. The third-order valence-corrected chi connectivity index (χ3v) is 5.78. The molecule has 0 bridgehead atoms. The number of hydrogen-bond acceptors (Lipinski definition) is 3. The molecule has 1 saturated heterocycles. The summed E-state index contributed by atoms with van der Waals surface area (Å²) in [5, 5.41) is 6.96. The molecule has 1 aromatic heterocycles. The highest BCUT2D eigenvalue weighted by Crippen LogP contribution is 2.52. The van der Waals surface area contributed by atoms with Crippen molar-refractivity contribution in [3.05, 3.63) is 41.7 Å². The fraction of sp³-hybridized carbons (Fsp3) is 0.421. The van der Waals surface area contributed by atoms with Crippen molar-refractivity contribution in [1.29, 1.82) is 0 Å². The van der Waals surface area contributed by atoms with Gasteiger partial charge < -0.3 is 9.80 Å². The van der Waals surface area contributed by atoms with Crippen LogP contribution < -0.4 is 9.80 Å². The van der Waals surface area contributed by atoms with E-state index in [1.54, 1.807) is 0 Å². The lowest BCUT2D eigenvalue weighted by atomic mass is 9.91. The average Bonchev–Trinajstić information content (AvgIpc) is 3.22. The molecule has 1 N–H and O–H groups in total. The Kier molecular flexibility index (Phi) is 3.04. The molecular weight excluding hydrogens is 316 g/mol. The van der Waals surface area contributed by atoms with Gasteiger partial charge in [0.15, 0.2) is 0 Å². The van der Waals surface area contributed by atoms with Crippen LogP contribution in [-0.4, -0.2) is 35.1 Å². The van der Waals surface area contributed by atoms with Crippen LogP contribution in [0.3, 0.4) is 0 Å². The summed E-state index contributed by atoms with van der Waals surface area (Å²) in [6.45, 7) is 1.49. The van der Waals surface area contributed by atoms with Gasteiger partial charge in [0.1, 0.15) is 5.69 Å². The quantitative estimate of drug-likeness (QED) is 0.916. The van der Waals surface area contributed by atoms with Gasteiger partial charge in [-0.1, -0.05) is 0 Å². The van der Waals surface area contributed by atoms with Crippen LogP contribution in [0.25, 0.3) is 0 Å². The Balaban J connectivity index is 1.44. The summed E-state index contributed by atoms with van der Waals surface area (Å²) < 4.78 is 0. The standard InChI is InChI=1S/C19H20N4O2/c24-16-3-1-2-10-22(16)13-4-6-14(7-5-13)23-12-19(8-9-19)15-11-20-21-17(15)18(23)25/h4-7,11H,1-3,8-10,12H2,(H,20,21). The molecule has 2 amide bonds. The zero-order valence-corrected chi connectivity index (χ0v) is 14.0. The summed E-state index contributed by atoms with van der Waals surface area (Å²) in [7, 11) is 0. The maximum atomic E-state index is 12.8. The lowest BCUT2D eigenvalue weighted by molar-refractivity contribution is -0.119. The van der Waals surface area contributed by atoms with Gasteiger partial charge in [-0.05, 0) is 49.9 Å². The van der Waals surface area contributed by atoms with Crippen molar-refractivity contribution >= 4 is 23.2 Å². The molecule has 128 valence electrons. The number of nitrogens with one attached hydrogen (secondary N) is 1. The van der Waals surface area contributed by atoms with E-state index < -0.39 is 0 Å². The van der Waals surface area contributed by atoms with Crippen LogP contribution in [-0.2, 0) is 10.2 Å². The summed E-state index contributed by atoms with van der Waals surface area (Å²) in [4.78, 5) is 28.6. The van der Waals surface area contributed by atoms with Crippen LogP contribution in [0.1, 0.15) is 48.2 Å². The van der Waals surface area contributed by atoms with Crippen LogP contribution in [0.2, 0.25) is 0 Å². The Bertz CT molecular complexity index is 851. The number of aromatic nitrogens is 2. The monoisotopic (exact) mass is 336 g/mol. The lowest BCUT2D eigenvalue weighted by Gasteiger charge is -2.33. The molecule has 5 rings (SSSR count). The first kappa shape index (κ1) is 14.7. The minimum atomic E-state index is -0.0215. The van der Waals surface area contributed by atoms with Gasteiger partial charge in [-0.15, -0.1) is 0 Å². The van der Waals surface area contributed by atoms with E-state index in [0.29, 0.717) is 18.7 Å². The first-order valence-electron chi connectivity index (χ1n) is 8.94. The highest BCUT2D eigenvalue weighted by molar-refractivity contribution is 6.08. The number of piperidine rings is 1. The average molecular weight is 336 g/mol. The van der Waals surface area contributed by atoms with Crippen LogP contribution in [0, 0.1) is 0 Å². The first-order valence-corrected chi connectivity index (χ1v) is 8.94. The van der Waals surface area contributed by atoms with Gasteiger partial charge in [-0.2, -0.15) is 5.10 Å². The minimum Gasteiger partial charge on any atom is -0.312 e. The lowest BCUT2D eigenvalue weighted by Crippen LogP contribution is -2.43. The maximum Gasteiger partial charge on any atom is 0.276 e. The van der Waals surface area contributed by atoms with Gasteiger partial charge in [0.25, 0.3) is 5.91 Å². The highest BCUT2D eigenvalue weighted by atomic mass is 16.2. The zero-order chi connectivity index (χ0) is 17.0. The normalized spacial score (nSPS) is 21.6. The Labute approximate surface area is 145 Å². The third kappa shape index (κ3) is 2.20. The molecule has 3 heterocycles. The number of rotatable bonds is 2. The Morgan fingerprint density at radius 1 is 1.00 bits per heavy atom. The number of carbonyl (C=O) groups is 2. The molecule has 1 aliphatic carbocycles. The smallest absolute Gasteiger partial charge is 0.276 e. The van der Waals surface area contributed by atoms with E-state index in [-0.39, 0.29) is 17.2 Å². The zero-order valence-electron chi connectivity index (χ0n) is 14.0. The van der Waals surface area contributed by atoms with Crippen molar-refractivity contribution in [3.8, 4) is 0 Å². The molecule has 0 unspecified atom stereocenters. The number of aromatic amines is 1. The summed E-state index contributed by atoms with van der Waals surface area (Å²) >= 11 is 0. The highest BCUT2D eigenvalue weighted by Gasteiger charge is 2.52. The van der Waals surface area contributed by atoms with Gasteiger partial charge in [-0.25, -0.2) is 0 Å². The summed E-state index contributed by atoms with van der Waals surface area (Å²) in [5.74, 6) is 0.166. The molecule has 25 heavy (non-hydrogen) atoms. The number of fused-ring (bicyclic) bond motifs is 2.